The third kappa shape index (κ3) is 9.17. The first-order chi connectivity index (χ1) is 21.1. The number of carbonyl (C=O) groups is 2. The molecule has 0 saturated carbocycles. The van der Waals surface area contributed by atoms with Gasteiger partial charge in [0.1, 0.15) is 11.6 Å². The van der Waals surface area contributed by atoms with Gasteiger partial charge in [-0.05, 0) is 77.3 Å². The second-order valence-corrected chi connectivity index (χ2v) is 11.9. The number of hydrogen-bond donors (Lipinski definition) is 2. The maximum Gasteiger partial charge on any atom is 0.248 e. The van der Waals surface area contributed by atoms with E-state index in [1.165, 1.54) is 0 Å². The SMILES string of the molecule is CCN(CC)CCC(=O)N1C(NCCN(C)C)=c2cc3ccccc3cc2=C(NCCN(C)C)N1C(=O)CCN(CC)CC. The molecule has 0 radical (unpaired) electrons. The summed E-state index contributed by atoms with van der Waals surface area (Å²) < 4.78 is 0. The molecule has 0 fully saturated rings. The van der Waals surface area contributed by atoms with E-state index in [1.54, 1.807) is 10.0 Å². The summed E-state index contributed by atoms with van der Waals surface area (Å²) in [5, 5.41) is 14.5. The first-order valence-electron chi connectivity index (χ1n) is 16.3. The maximum atomic E-state index is 14.4. The average molecular weight is 609 g/mol. The van der Waals surface area contributed by atoms with Crippen LogP contribution < -0.4 is 21.1 Å². The van der Waals surface area contributed by atoms with Crippen molar-refractivity contribution in [2.75, 3.05) is 93.6 Å². The van der Waals surface area contributed by atoms with E-state index >= 15 is 0 Å². The van der Waals surface area contributed by atoms with Crippen LogP contribution in [0.4, 0.5) is 0 Å². The lowest BCUT2D eigenvalue weighted by Crippen LogP contribution is -2.61. The number of hydrogen-bond acceptors (Lipinski definition) is 8. The molecule has 2 aromatic carbocycles. The molecule has 1 aliphatic rings. The molecule has 0 bridgehead atoms. The Morgan fingerprint density at radius 1 is 0.614 bits per heavy atom. The summed E-state index contributed by atoms with van der Waals surface area (Å²) in [5.41, 5.74) is 0. The smallest absolute Gasteiger partial charge is 0.248 e. The molecule has 0 saturated heterocycles. The summed E-state index contributed by atoms with van der Waals surface area (Å²) in [6, 6.07) is 12.6. The molecule has 3 rings (SSSR count). The molecular formula is C34H56N8O2. The third-order valence-corrected chi connectivity index (χ3v) is 8.27. The molecule has 10 nitrogen and oxygen atoms in total. The van der Waals surface area contributed by atoms with Gasteiger partial charge < -0.3 is 30.2 Å². The lowest BCUT2D eigenvalue weighted by Gasteiger charge is -2.41. The number of benzene rings is 2. The Labute approximate surface area is 264 Å². The van der Waals surface area contributed by atoms with Gasteiger partial charge in [-0.2, -0.15) is 10.0 Å². The van der Waals surface area contributed by atoms with Crippen molar-refractivity contribution < 1.29 is 9.59 Å². The van der Waals surface area contributed by atoms with Gasteiger partial charge in [0.25, 0.3) is 0 Å². The van der Waals surface area contributed by atoms with Gasteiger partial charge in [-0.1, -0.05) is 52.0 Å². The van der Waals surface area contributed by atoms with Crippen molar-refractivity contribution >= 4 is 34.2 Å². The Hall–Kier alpha value is -3.18. The number of likely N-dealkylation sites (N-methyl/N-ethyl adjacent to an activating group) is 2. The van der Waals surface area contributed by atoms with E-state index < -0.39 is 0 Å². The number of amides is 2. The average Bonchev–Trinajstić information content (AvgIpc) is 3.01. The van der Waals surface area contributed by atoms with Gasteiger partial charge in [0.15, 0.2) is 0 Å². The zero-order valence-electron chi connectivity index (χ0n) is 28.4. The Kier molecular flexibility index (Phi) is 13.9. The van der Waals surface area contributed by atoms with Crippen LogP contribution in [0.15, 0.2) is 36.4 Å². The summed E-state index contributed by atoms with van der Waals surface area (Å²) in [4.78, 5) is 37.5. The van der Waals surface area contributed by atoms with E-state index in [9.17, 15) is 9.59 Å². The largest absolute Gasteiger partial charge is 0.368 e. The molecule has 44 heavy (non-hydrogen) atoms. The van der Waals surface area contributed by atoms with Gasteiger partial charge in [-0.3, -0.25) is 9.59 Å². The number of hydrazine groups is 1. The Bertz CT molecular complexity index is 1250. The van der Waals surface area contributed by atoms with Crippen LogP contribution >= 0.6 is 0 Å². The van der Waals surface area contributed by atoms with Crippen molar-refractivity contribution in [1.82, 2.24) is 40.3 Å². The van der Waals surface area contributed by atoms with Crippen molar-refractivity contribution in [3.63, 3.8) is 0 Å². The van der Waals surface area contributed by atoms with Crippen LogP contribution in [0.1, 0.15) is 40.5 Å². The summed E-state index contributed by atoms with van der Waals surface area (Å²) in [6.45, 7) is 16.0. The molecule has 2 amide bonds. The van der Waals surface area contributed by atoms with Gasteiger partial charge in [0, 0.05) is 62.5 Å². The first-order valence-corrected chi connectivity index (χ1v) is 16.3. The zero-order chi connectivity index (χ0) is 32.2. The Morgan fingerprint density at radius 2 is 0.977 bits per heavy atom. The van der Waals surface area contributed by atoms with Gasteiger partial charge in [-0.25, -0.2) is 0 Å². The third-order valence-electron chi connectivity index (χ3n) is 8.27. The Morgan fingerprint density at radius 3 is 1.30 bits per heavy atom. The standard InChI is InChI=1S/C34H56N8O2/c1-9-39(10-2)21-17-31(43)41-33(35-19-23-37(5)6)29-25-27-15-13-14-16-28(27)26-30(29)34(36-20-24-38(7)8)42(41)32(44)18-22-40(11-3)12-4/h13-16,25-26,35-36H,9-12,17-24H2,1-8H3. The number of nitrogens with one attached hydrogen (secondary N) is 2. The van der Waals surface area contributed by atoms with Crippen LogP contribution in [0, 0.1) is 0 Å². The van der Waals surface area contributed by atoms with Crippen LogP contribution in [-0.2, 0) is 9.59 Å². The summed E-state index contributed by atoms with van der Waals surface area (Å²) >= 11 is 0. The van der Waals surface area contributed by atoms with Crippen molar-refractivity contribution in [3.05, 3.63) is 46.8 Å². The molecule has 1 heterocycles. The number of carbonyl (C=O) groups excluding carboxylic acids is 2. The molecule has 10 heteroatoms. The highest BCUT2D eigenvalue weighted by Gasteiger charge is 2.36. The minimum absolute atomic E-state index is 0.105. The highest BCUT2D eigenvalue weighted by atomic mass is 16.2. The van der Waals surface area contributed by atoms with Crippen LogP contribution in [-0.4, -0.2) is 135 Å². The fourth-order valence-electron chi connectivity index (χ4n) is 5.47. The van der Waals surface area contributed by atoms with E-state index in [-0.39, 0.29) is 11.8 Å². The fraction of sp³-hybridized carbons (Fsp3) is 0.588. The molecule has 0 aliphatic carbocycles. The predicted octanol–water partition coefficient (Wildman–Crippen LogP) is 1.32. The van der Waals surface area contributed by atoms with E-state index in [0.717, 1.165) is 60.5 Å². The second kappa shape index (κ2) is 17.3. The van der Waals surface area contributed by atoms with Gasteiger partial charge in [0.05, 0.1) is 0 Å². The summed E-state index contributed by atoms with van der Waals surface area (Å²) in [7, 11) is 8.13. The quantitative estimate of drug-likeness (QED) is 0.263. The molecule has 0 atom stereocenters. The molecule has 2 N–H and O–H groups in total. The van der Waals surface area contributed by atoms with E-state index in [2.05, 4.69) is 82.2 Å². The van der Waals surface area contributed by atoms with Gasteiger partial charge in [0.2, 0.25) is 11.8 Å². The maximum absolute atomic E-state index is 14.4. The van der Waals surface area contributed by atoms with Crippen molar-refractivity contribution in [2.45, 2.75) is 40.5 Å². The summed E-state index contributed by atoms with van der Waals surface area (Å²) in [6.07, 6.45) is 0.600. The van der Waals surface area contributed by atoms with Crippen molar-refractivity contribution in [3.8, 4) is 0 Å². The van der Waals surface area contributed by atoms with Gasteiger partial charge >= 0.3 is 0 Å². The molecule has 0 unspecified atom stereocenters. The van der Waals surface area contributed by atoms with Crippen LogP contribution in [0.25, 0.3) is 22.4 Å². The van der Waals surface area contributed by atoms with Crippen LogP contribution in [0.2, 0.25) is 0 Å². The second-order valence-electron chi connectivity index (χ2n) is 11.9. The monoisotopic (exact) mass is 608 g/mol. The lowest BCUT2D eigenvalue weighted by molar-refractivity contribution is -0.151. The minimum atomic E-state index is -0.105. The van der Waals surface area contributed by atoms with Crippen LogP contribution in [0.3, 0.4) is 0 Å². The molecule has 0 aromatic heterocycles. The van der Waals surface area contributed by atoms with Crippen molar-refractivity contribution in [2.24, 2.45) is 0 Å². The number of nitrogens with zero attached hydrogens (tertiary/aromatic N) is 6. The van der Waals surface area contributed by atoms with E-state index in [0.29, 0.717) is 50.7 Å². The molecule has 244 valence electrons. The number of rotatable bonds is 18. The van der Waals surface area contributed by atoms with E-state index in [4.69, 9.17) is 0 Å². The van der Waals surface area contributed by atoms with Crippen LogP contribution in [0.5, 0.6) is 0 Å². The highest BCUT2D eigenvalue weighted by molar-refractivity contribution is 5.93. The van der Waals surface area contributed by atoms with Crippen molar-refractivity contribution in [1.29, 1.82) is 0 Å². The highest BCUT2D eigenvalue weighted by Crippen LogP contribution is 2.21. The molecule has 0 spiro atoms. The first kappa shape index (κ1) is 35.3. The fourth-order valence-corrected chi connectivity index (χ4v) is 5.47. The zero-order valence-corrected chi connectivity index (χ0v) is 28.4. The minimum Gasteiger partial charge on any atom is -0.368 e. The normalized spacial score (nSPS) is 13.5. The summed E-state index contributed by atoms with van der Waals surface area (Å²) in [5.74, 6) is 1.11. The number of fused-ring (bicyclic) bond motifs is 2. The Balaban J connectivity index is 2.28. The molecule has 1 aliphatic heterocycles. The predicted molar refractivity (Wildman–Crippen MR) is 182 cm³/mol. The van der Waals surface area contributed by atoms with Gasteiger partial charge in [-0.15, -0.1) is 0 Å². The molecular weight excluding hydrogens is 552 g/mol. The van der Waals surface area contributed by atoms with E-state index in [1.807, 2.05) is 40.3 Å². The lowest BCUT2D eigenvalue weighted by atomic mass is 10.1. The molecule has 2 aromatic rings. The topological polar surface area (TPSA) is 77.6 Å².